The fourth-order valence-corrected chi connectivity index (χ4v) is 3.37. The van der Waals surface area contributed by atoms with E-state index in [1.807, 2.05) is 6.07 Å². The van der Waals surface area contributed by atoms with Crippen LogP contribution in [0, 0.1) is 0 Å². The van der Waals surface area contributed by atoms with Crippen LogP contribution in [0.2, 0.25) is 0 Å². The third-order valence-electron chi connectivity index (χ3n) is 4.55. The molecule has 0 saturated heterocycles. The maximum Gasteiger partial charge on any atom is 0.573 e. The van der Waals surface area contributed by atoms with Gasteiger partial charge >= 0.3 is 6.36 Å². The smallest absolute Gasteiger partial charge is 0.456 e. The monoisotopic (exact) mass is 396 g/mol. The van der Waals surface area contributed by atoms with Gasteiger partial charge in [-0.3, -0.25) is 9.36 Å². The molecule has 144 valence electrons. The molecule has 1 aliphatic heterocycles. The highest BCUT2D eigenvalue weighted by molar-refractivity contribution is 6.13. The molecule has 0 radical (unpaired) electrons. The highest BCUT2D eigenvalue weighted by atomic mass is 19.4. The van der Waals surface area contributed by atoms with Crippen LogP contribution in [0.4, 0.5) is 13.2 Å². The number of ether oxygens (including phenoxy) is 2. The molecule has 0 saturated carbocycles. The standard InChI is InChI=1S/C21H11F3N2O3/c22-21(23,24)29-13-9-7-12(8-10-13)28-19-14-4-1-2-5-15(14)25-18-16-6-3-11-26(16)20(27)17(18)19/h1-11H. The Morgan fingerprint density at radius 1 is 0.897 bits per heavy atom. The lowest BCUT2D eigenvalue weighted by atomic mass is 10.1. The van der Waals surface area contributed by atoms with Gasteiger partial charge in [-0.2, -0.15) is 0 Å². The fourth-order valence-electron chi connectivity index (χ4n) is 3.37. The van der Waals surface area contributed by atoms with E-state index in [4.69, 9.17) is 4.74 Å². The number of alkyl halides is 3. The predicted molar refractivity (Wildman–Crippen MR) is 98.1 cm³/mol. The molecule has 8 heteroatoms. The van der Waals surface area contributed by atoms with Crippen LogP contribution in [0.25, 0.3) is 22.3 Å². The number of hydrogen-bond donors (Lipinski definition) is 0. The topological polar surface area (TPSA) is 53.4 Å². The third-order valence-corrected chi connectivity index (χ3v) is 4.55. The number of rotatable bonds is 3. The molecule has 29 heavy (non-hydrogen) atoms. The van der Waals surface area contributed by atoms with Crippen molar-refractivity contribution in [1.82, 2.24) is 9.55 Å². The molecule has 4 aromatic rings. The van der Waals surface area contributed by atoms with Crippen molar-refractivity contribution < 1.29 is 27.4 Å². The summed E-state index contributed by atoms with van der Waals surface area (Å²) in [4.78, 5) is 17.5. The molecule has 2 aromatic carbocycles. The van der Waals surface area contributed by atoms with Crippen LogP contribution in [-0.2, 0) is 0 Å². The molecule has 0 fully saturated rings. The van der Waals surface area contributed by atoms with E-state index in [9.17, 15) is 18.0 Å². The van der Waals surface area contributed by atoms with Crippen molar-refractivity contribution in [1.29, 1.82) is 0 Å². The van der Waals surface area contributed by atoms with E-state index in [-0.39, 0.29) is 17.4 Å². The number of hydrogen-bond acceptors (Lipinski definition) is 4. The van der Waals surface area contributed by atoms with Crippen molar-refractivity contribution >= 4 is 16.8 Å². The van der Waals surface area contributed by atoms with E-state index in [1.165, 1.54) is 16.7 Å². The summed E-state index contributed by atoms with van der Waals surface area (Å²) in [5.41, 5.74) is 2.12. The minimum absolute atomic E-state index is 0.266. The zero-order valence-electron chi connectivity index (χ0n) is 14.6. The normalized spacial score (nSPS) is 12.7. The van der Waals surface area contributed by atoms with Gasteiger partial charge in [-0.1, -0.05) is 12.1 Å². The number of carbonyl (C=O) groups is 1. The van der Waals surface area contributed by atoms with Crippen LogP contribution in [0.15, 0.2) is 66.9 Å². The second-order valence-electron chi connectivity index (χ2n) is 6.37. The maximum absolute atomic E-state index is 12.9. The first-order valence-corrected chi connectivity index (χ1v) is 8.59. The van der Waals surface area contributed by atoms with Gasteiger partial charge in [0, 0.05) is 11.6 Å². The van der Waals surface area contributed by atoms with Crippen molar-refractivity contribution in [3.8, 4) is 28.6 Å². The average Bonchev–Trinajstić information content (AvgIpc) is 3.26. The number of halogens is 3. The molecule has 0 spiro atoms. The number of aromatic nitrogens is 2. The van der Waals surface area contributed by atoms with E-state index in [1.54, 1.807) is 36.5 Å². The lowest BCUT2D eigenvalue weighted by molar-refractivity contribution is -0.274. The molecule has 0 unspecified atom stereocenters. The van der Waals surface area contributed by atoms with Crippen molar-refractivity contribution in [3.63, 3.8) is 0 Å². The van der Waals surface area contributed by atoms with Gasteiger partial charge in [0.2, 0.25) is 0 Å². The highest BCUT2D eigenvalue weighted by Crippen LogP contribution is 2.42. The second kappa shape index (κ2) is 6.10. The fraction of sp³-hybridized carbons (Fsp3) is 0.0476. The van der Waals surface area contributed by atoms with Crippen molar-refractivity contribution in [2.75, 3.05) is 0 Å². The Bertz CT molecular complexity index is 1260. The summed E-state index contributed by atoms with van der Waals surface area (Å²) in [5.74, 6) is -0.0572. The quantitative estimate of drug-likeness (QED) is 0.410. The molecule has 1 aliphatic rings. The van der Waals surface area contributed by atoms with Crippen LogP contribution >= 0.6 is 0 Å². The molecule has 0 bridgehead atoms. The Morgan fingerprint density at radius 3 is 2.38 bits per heavy atom. The maximum atomic E-state index is 12.9. The third kappa shape index (κ3) is 2.89. The molecule has 0 aliphatic carbocycles. The average molecular weight is 396 g/mol. The molecule has 5 nitrogen and oxygen atoms in total. The molecular formula is C21H11F3N2O3. The number of benzene rings is 2. The number of nitrogens with zero attached hydrogens (tertiary/aromatic N) is 2. The minimum atomic E-state index is -4.77. The van der Waals surface area contributed by atoms with Gasteiger partial charge in [-0.25, -0.2) is 4.98 Å². The predicted octanol–water partition coefficient (Wildman–Crippen LogP) is 5.40. The molecule has 0 atom stereocenters. The first-order chi connectivity index (χ1) is 13.9. The number of carbonyl (C=O) groups excluding carboxylic acids is 1. The highest BCUT2D eigenvalue weighted by Gasteiger charge is 2.33. The zero-order valence-corrected chi connectivity index (χ0v) is 14.6. The van der Waals surface area contributed by atoms with Crippen LogP contribution in [0.5, 0.6) is 17.2 Å². The molecule has 2 aromatic heterocycles. The van der Waals surface area contributed by atoms with Crippen LogP contribution in [0.1, 0.15) is 10.4 Å². The summed E-state index contributed by atoms with van der Waals surface area (Å²) in [6.07, 6.45) is -3.12. The summed E-state index contributed by atoms with van der Waals surface area (Å²) < 4.78 is 48.4. The van der Waals surface area contributed by atoms with Crippen molar-refractivity contribution in [2.45, 2.75) is 6.36 Å². The van der Waals surface area contributed by atoms with Gasteiger partial charge in [0.05, 0.1) is 11.2 Å². The molecule has 3 heterocycles. The number of para-hydroxylation sites is 1. The van der Waals surface area contributed by atoms with E-state index in [0.29, 0.717) is 33.6 Å². The Labute approximate surface area is 161 Å². The first-order valence-electron chi connectivity index (χ1n) is 8.59. The van der Waals surface area contributed by atoms with Crippen LogP contribution < -0.4 is 9.47 Å². The number of fused-ring (bicyclic) bond motifs is 4. The van der Waals surface area contributed by atoms with Gasteiger partial charge in [0.1, 0.15) is 22.8 Å². The Kier molecular flexibility index (Phi) is 3.64. The van der Waals surface area contributed by atoms with Gasteiger partial charge in [0.15, 0.2) is 5.75 Å². The lowest BCUT2D eigenvalue weighted by Gasteiger charge is -2.13. The van der Waals surface area contributed by atoms with E-state index in [2.05, 4.69) is 9.72 Å². The van der Waals surface area contributed by atoms with Crippen LogP contribution in [0.3, 0.4) is 0 Å². The van der Waals surface area contributed by atoms with Crippen LogP contribution in [-0.4, -0.2) is 21.8 Å². The van der Waals surface area contributed by atoms with E-state index < -0.39 is 6.36 Å². The molecule has 5 rings (SSSR count). The van der Waals surface area contributed by atoms with Crippen molar-refractivity contribution in [2.24, 2.45) is 0 Å². The van der Waals surface area contributed by atoms with Gasteiger partial charge in [-0.05, 0) is 48.5 Å². The van der Waals surface area contributed by atoms with Gasteiger partial charge in [0.25, 0.3) is 5.91 Å². The first kappa shape index (κ1) is 17.3. The molecular weight excluding hydrogens is 385 g/mol. The Morgan fingerprint density at radius 2 is 1.62 bits per heavy atom. The SMILES string of the molecule is O=C1c2c(nc3ccccc3c2Oc2ccc(OC(F)(F)F)cc2)-c2cccn21. The lowest BCUT2D eigenvalue weighted by Crippen LogP contribution is -2.16. The largest absolute Gasteiger partial charge is 0.573 e. The van der Waals surface area contributed by atoms with Crippen molar-refractivity contribution in [3.05, 3.63) is 72.4 Å². The minimum Gasteiger partial charge on any atom is -0.456 e. The second-order valence-corrected chi connectivity index (χ2v) is 6.37. The molecule has 0 amide bonds. The summed E-state index contributed by atoms with van der Waals surface area (Å²) in [7, 11) is 0. The summed E-state index contributed by atoms with van der Waals surface area (Å²) in [6, 6.07) is 15.7. The Hall–Kier alpha value is -3.81. The summed E-state index contributed by atoms with van der Waals surface area (Å²) in [6.45, 7) is 0. The summed E-state index contributed by atoms with van der Waals surface area (Å²) in [5, 5.41) is 0.626. The number of pyridine rings is 1. The molecule has 0 N–H and O–H groups in total. The zero-order chi connectivity index (χ0) is 20.2. The van der Waals surface area contributed by atoms with Gasteiger partial charge in [-0.15, -0.1) is 13.2 Å². The Balaban J connectivity index is 1.61. The van der Waals surface area contributed by atoms with E-state index in [0.717, 1.165) is 12.1 Å². The van der Waals surface area contributed by atoms with E-state index >= 15 is 0 Å². The summed E-state index contributed by atoms with van der Waals surface area (Å²) >= 11 is 0. The van der Waals surface area contributed by atoms with Gasteiger partial charge < -0.3 is 9.47 Å².